The van der Waals surface area contributed by atoms with E-state index in [0.717, 1.165) is 20.0 Å². The van der Waals surface area contributed by atoms with Crippen LogP contribution in [0.1, 0.15) is 17.9 Å². The van der Waals surface area contributed by atoms with Crippen molar-refractivity contribution in [3.63, 3.8) is 0 Å². The lowest BCUT2D eigenvalue weighted by Crippen LogP contribution is -2.37. The minimum absolute atomic E-state index is 0.0487. The highest BCUT2D eigenvalue weighted by Gasteiger charge is 2.31. The molecule has 9 nitrogen and oxygen atoms in total. The minimum atomic E-state index is -3.89. The molecule has 1 aliphatic rings. The summed E-state index contributed by atoms with van der Waals surface area (Å²) in [4.78, 5) is 11.8. The molecule has 1 aliphatic heterocycles. The quantitative estimate of drug-likeness (QED) is 0.385. The second-order valence-electron chi connectivity index (χ2n) is 8.09. The molecule has 0 aliphatic carbocycles. The number of carbonyl (C=O) groups is 1. The molecule has 11 heteroatoms. The second-order valence-corrected chi connectivity index (χ2v) is 10.9. The minimum Gasteiger partial charge on any atom is -0.497 e. The lowest BCUT2D eigenvalue weighted by atomic mass is 9.92. The Labute approximate surface area is 213 Å². The first-order chi connectivity index (χ1) is 17.3. The fourth-order valence-electron chi connectivity index (χ4n) is 4.06. The number of carboxylic acids is 1. The Morgan fingerprint density at radius 2 is 1.92 bits per heavy atom. The van der Waals surface area contributed by atoms with E-state index in [0.29, 0.717) is 12.2 Å². The average Bonchev–Trinajstić information content (AvgIpc) is 3.32. The van der Waals surface area contributed by atoms with Gasteiger partial charge in [0.15, 0.2) is 0 Å². The number of benzene rings is 2. The normalized spacial score (nSPS) is 18.1. The van der Waals surface area contributed by atoms with Crippen LogP contribution in [-0.2, 0) is 24.3 Å². The number of sulfonamides is 1. The van der Waals surface area contributed by atoms with Crippen LogP contribution in [0.4, 0.5) is 0 Å². The molecule has 0 fully saturated rings. The summed E-state index contributed by atoms with van der Waals surface area (Å²) < 4.78 is 44.8. The van der Waals surface area contributed by atoms with Crippen LogP contribution >= 0.6 is 11.3 Å². The molecule has 2 heterocycles. The van der Waals surface area contributed by atoms with Crippen LogP contribution in [0.25, 0.3) is 10.1 Å². The van der Waals surface area contributed by atoms with Gasteiger partial charge in [0.05, 0.1) is 25.2 Å². The van der Waals surface area contributed by atoms with Crippen LogP contribution < -0.4 is 4.74 Å². The Morgan fingerprint density at radius 1 is 1.17 bits per heavy atom. The highest BCUT2D eigenvalue weighted by atomic mass is 32.2. The van der Waals surface area contributed by atoms with E-state index in [-0.39, 0.29) is 42.9 Å². The molecule has 36 heavy (non-hydrogen) atoms. The molecule has 192 valence electrons. The van der Waals surface area contributed by atoms with Crippen LogP contribution in [0.15, 0.2) is 70.6 Å². The van der Waals surface area contributed by atoms with Gasteiger partial charge in [0, 0.05) is 30.1 Å². The number of nitrogens with zero attached hydrogens (tertiary/aromatic N) is 1. The number of thiophene rings is 1. The molecular formula is C25H27NO8S2. The largest absolute Gasteiger partial charge is 0.497 e. The van der Waals surface area contributed by atoms with Gasteiger partial charge >= 0.3 is 5.97 Å². The topological polar surface area (TPSA) is 123 Å². The zero-order chi connectivity index (χ0) is 25.7. The Hall–Kier alpha value is -2.96. The van der Waals surface area contributed by atoms with Crippen molar-refractivity contribution < 1.29 is 37.6 Å². The standard InChI is InChI=1S/C25H27NO8S2/c1-32-18-6-8-19(9-7-18)36(30,31)26(10-12-27)11-13-33-24-15-17(14-22(34-24)25(28)29)21-16-35-23-5-3-2-4-20(21)23/h2-9,14,16-17,24,27H,10-13,15H2,1H3,(H,28,29)/t17-,24+/m1/s1. The number of aliphatic hydroxyl groups excluding tert-OH is 1. The smallest absolute Gasteiger partial charge is 0.370 e. The maximum absolute atomic E-state index is 13.1. The number of rotatable bonds is 11. The molecule has 0 spiro atoms. The third kappa shape index (κ3) is 5.71. The fourth-order valence-corrected chi connectivity index (χ4v) is 6.50. The molecule has 0 saturated heterocycles. The van der Waals surface area contributed by atoms with Gasteiger partial charge in [-0.15, -0.1) is 11.3 Å². The molecule has 2 aromatic carbocycles. The Kier molecular flexibility index (Phi) is 8.27. The molecule has 0 bridgehead atoms. The highest BCUT2D eigenvalue weighted by Crippen LogP contribution is 2.38. The van der Waals surface area contributed by atoms with Crippen LogP contribution in [-0.4, -0.2) is 68.6 Å². The predicted octanol–water partition coefficient (Wildman–Crippen LogP) is 3.41. The third-order valence-electron chi connectivity index (χ3n) is 5.87. The van der Waals surface area contributed by atoms with E-state index in [1.165, 1.54) is 19.2 Å². The van der Waals surface area contributed by atoms with Crippen molar-refractivity contribution >= 4 is 37.4 Å². The number of hydrogen-bond donors (Lipinski definition) is 2. The maximum atomic E-state index is 13.1. The second kappa shape index (κ2) is 11.4. The van der Waals surface area contributed by atoms with Crippen molar-refractivity contribution in [1.82, 2.24) is 4.31 Å². The molecular weight excluding hydrogens is 506 g/mol. The number of carboxylic acid groups (broad SMARTS) is 1. The predicted molar refractivity (Wildman–Crippen MR) is 135 cm³/mol. The average molecular weight is 534 g/mol. The van der Waals surface area contributed by atoms with Gasteiger partial charge in [-0.2, -0.15) is 4.31 Å². The van der Waals surface area contributed by atoms with Crippen LogP contribution in [0.3, 0.4) is 0 Å². The number of hydrogen-bond acceptors (Lipinski definition) is 8. The molecule has 0 radical (unpaired) electrons. The van der Waals surface area contributed by atoms with Gasteiger partial charge in [0.25, 0.3) is 0 Å². The Morgan fingerprint density at radius 3 is 2.61 bits per heavy atom. The lowest BCUT2D eigenvalue weighted by Gasteiger charge is -2.29. The summed E-state index contributed by atoms with van der Waals surface area (Å²) in [6.45, 7) is -0.585. The van der Waals surface area contributed by atoms with E-state index >= 15 is 0 Å². The summed E-state index contributed by atoms with van der Waals surface area (Å²) in [5, 5.41) is 22.1. The summed E-state index contributed by atoms with van der Waals surface area (Å²) in [5.74, 6) is -1.11. The van der Waals surface area contributed by atoms with Crippen LogP contribution in [0.5, 0.6) is 5.75 Å². The number of allylic oxidation sites excluding steroid dienone is 1. The summed E-state index contributed by atoms with van der Waals surface area (Å²) in [7, 11) is -2.40. The summed E-state index contributed by atoms with van der Waals surface area (Å²) >= 11 is 1.59. The number of aliphatic hydroxyl groups is 1. The van der Waals surface area contributed by atoms with Crippen molar-refractivity contribution in [3.05, 3.63) is 71.3 Å². The first kappa shape index (κ1) is 26.1. The van der Waals surface area contributed by atoms with Gasteiger partial charge in [0.1, 0.15) is 5.75 Å². The van der Waals surface area contributed by atoms with Gasteiger partial charge < -0.3 is 24.4 Å². The van der Waals surface area contributed by atoms with E-state index in [1.54, 1.807) is 29.5 Å². The van der Waals surface area contributed by atoms with Gasteiger partial charge in [-0.05, 0) is 52.7 Å². The van der Waals surface area contributed by atoms with Gasteiger partial charge in [-0.1, -0.05) is 18.2 Å². The molecule has 0 amide bonds. The summed E-state index contributed by atoms with van der Waals surface area (Å²) in [6.07, 6.45) is 1.09. The SMILES string of the molecule is COc1ccc(S(=O)(=O)N(CCO)CCO[C@@H]2C[C@H](c3csc4ccccc34)C=C(C(=O)O)O2)cc1. The van der Waals surface area contributed by atoms with Gasteiger partial charge in [0.2, 0.25) is 22.1 Å². The highest BCUT2D eigenvalue weighted by molar-refractivity contribution is 7.89. The summed E-state index contributed by atoms with van der Waals surface area (Å²) in [5.41, 5.74) is 0.996. The van der Waals surface area contributed by atoms with E-state index in [2.05, 4.69) is 0 Å². The van der Waals surface area contributed by atoms with Crippen molar-refractivity contribution in [1.29, 1.82) is 0 Å². The van der Waals surface area contributed by atoms with Crippen molar-refractivity contribution in [2.75, 3.05) is 33.4 Å². The summed E-state index contributed by atoms with van der Waals surface area (Å²) in [6, 6.07) is 13.9. The fraction of sp³-hybridized carbons (Fsp3) is 0.320. The number of ether oxygens (including phenoxy) is 3. The zero-order valence-corrected chi connectivity index (χ0v) is 21.2. The first-order valence-corrected chi connectivity index (χ1v) is 13.6. The molecule has 0 saturated carbocycles. The first-order valence-electron chi connectivity index (χ1n) is 11.3. The third-order valence-corrected chi connectivity index (χ3v) is 8.76. The molecule has 2 atom stereocenters. The van der Waals surface area contributed by atoms with E-state index in [9.17, 15) is 23.4 Å². The lowest BCUT2D eigenvalue weighted by molar-refractivity contribution is -0.157. The van der Waals surface area contributed by atoms with Crippen molar-refractivity contribution in [2.24, 2.45) is 0 Å². The van der Waals surface area contributed by atoms with Gasteiger partial charge in [-0.25, -0.2) is 13.2 Å². The van der Waals surface area contributed by atoms with E-state index < -0.39 is 22.3 Å². The molecule has 0 unspecified atom stereocenters. The maximum Gasteiger partial charge on any atom is 0.370 e. The van der Waals surface area contributed by atoms with Gasteiger partial charge in [-0.3, -0.25) is 0 Å². The number of aliphatic carboxylic acids is 1. The number of methoxy groups -OCH3 is 1. The van der Waals surface area contributed by atoms with E-state index in [1.807, 2.05) is 29.6 Å². The number of fused-ring (bicyclic) bond motifs is 1. The molecule has 3 aromatic rings. The van der Waals surface area contributed by atoms with E-state index in [4.69, 9.17) is 14.2 Å². The molecule has 2 N–H and O–H groups in total. The van der Waals surface area contributed by atoms with Crippen LogP contribution in [0, 0.1) is 0 Å². The Bertz CT molecular complexity index is 1330. The zero-order valence-electron chi connectivity index (χ0n) is 19.6. The Balaban J connectivity index is 1.46. The molecule has 1 aromatic heterocycles. The van der Waals surface area contributed by atoms with Crippen molar-refractivity contribution in [3.8, 4) is 5.75 Å². The van der Waals surface area contributed by atoms with Crippen LogP contribution in [0.2, 0.25) is 0 Å². The van der Waals surface area contributed by atoms with Crippen molar-refractivity contribution in [2.45, 2.75) is 23.5 Å². The molecule has 4 rings (SSSR count). The monoisotopic (exact) mass is 533 g/mol.